The molecule has 3 heterocycles. The van der Waals surface area contributed by atoms with E-state index < -0.39 is 0 Å². The molecule has 7 nitrogen and oxygen atoms in total. The van der Waals surface area contributed by atoms with E-state index in [1.807, 2.05) is 23.2 Å². The standard InChI is InChI=1S/C18H25N5O2/c1-2-5-16-21-17(25-22-16)7-3-8-18(24)23-11-10-20-13-15(23)14-6-4-9-19-12-14/h4,6,9,12,15,20H,2-3,5,7-8,10-11,13H2,1H3. The molecule has 1 atom stereocenters. The van der Waals surface area contributed by atoms with Crippen LogP contribution >= 0.6 is 0 Å². The van der Waals surface area contributed by atoms with Gasteiger partial charge in [-0.1, -0.05) is 18.1 Å². The fraction of sp³-hybridized carbons (Fsp3) is 0.556. The van der Waals surface area contributed by atoms with E-state index in [1.165, 1.54) is 0 Å². The molecule has 1 aliphatic heterocycles. The summed E-state index contributed by atoms with van der Waals surface area (Å²) >= 11 is 0. The number of rotatable bonds is 7. The summed E-state index contributed by atoms with van der Waals surface area (Å²) < 4.78 is 5.23. The molecule has 0 aliphatic carbocycles. The predicted molar refractivity (Wildman–Crippen MR) is 92.8 cm³/mol. The van der Waals surface area contributed by atoms with Crippen LogP contribution in [0, 0.1) is 0 Å². The first kappa shape index (κ1) is 17.5. The highest BCUT2D eigenvalue weighted by atomic mass is 16.5. The van der Waals surface area contributed by atoms with Crippen LogP contribution in [0.3, 0.4) is 0 Å². The van der Waals surface area contributed by atoms with Gasteiger partial charge in [-0.3, -0.25) is 9.78 Å². The number of carbonyl (C=O) groups is 1. The molecule has 25 heavy (non-hydrogen) atoms. The molecule has 0 aromatic carbocycles. The zero-order chi connectivity index (χ0) is 17.5. The maximum Gasteiger partial charge on any atom is 0.226 e. The molecule has 134 valence electrons. The third-order valence-corrected chi connectivity index (χ3v) is 4.40. The first-order valence-corrected chi connectivity index (χ1v) is 8.99. The van der Waals surface area contributed by atoms with E-state index in [-0.39, 0.29) is 11.9 Å². The minimum Gasteiger partial charge on any atom is -0.339 e. The number of carbonyl (C=O) groups excluding carboxylic acids is 1. The summed E-state index contributed by atoms with van der Waals surface area (Å²) in [4.78, 5) is 23.2. The highest BCUT2D eigenvalue weighted by Gasteiger charge is 2.27. The van der Waals surface area contributed by atoms with Crippen molar-refractivity contribution in [3.63, 3.8) is 0 Å². The van der Waals surface area contributed by atoms with Crippen LogP contribution in [0.2, 0.25) is 0 Å². The van der Waals surface area contributed by atoms with Gasteiger partial charge in [-0.05, 0) is 24.5 Å². The molecule has 1 unspecified atom stereocenters. The molecule has 2 aromatic heterocycles. The molecule has 3 rings (SSSR count). The lowest BCUT2D eigenvalue weighted by Gasteiger charge is -2.36. The molecule has 0 radical (unpaired) electrons. The van der Waals surface area contributed by atoms with Crippen molar-refractivity contribution in [1.29, 1.82) is 0 Å². The monoisotopic (exact) mass is 343 g/mol. The Hall–Kier alpha value is -2.28. The number of nitrogens with one attached hydrogen (secondary N) is 1. The van der Waals surface area contributed by atoms with Crippen LogP contribution < -0.4 is 5.32 Å². The Morgan fingerprint density at radius 1 is 1.44 bits per heavy atom. The summed E-state index contributed by atoms with van der Waals surface area (Å²) in [5, 5.41) is 7.31. The summed E-state index contributed by atoms with van der Waals surface area (Å²) in [5.41, 5.74) is 1.07. The minimum atomic E-state index is 0.0505. The van der Waals surface area contributed by atoms with Gasteiger partial charge < -0.3 is 14.7 Å². The molecule has 0 saturated carbocycles. The smallest absolute Gasteiger partial charge is 0.226 e. The first-order chi connectivity index (χ1) is 12.3. The largest absolute Gasteiger partial charge is 0.339 e. The molecule has 7 heteroatoms. The van der Waals surface area contributed by atoms with E-state index in [0.717, 1.165) is 50.3 Å². The number of aryl methyl sites for hydroxylation is 2. The van der Waals surface area contributed by atoms with E-state index in [4.69, 9.17) is 4.52 Å². The lowest BCUT2D eigenvalue weighted by atomic mass is 10.0. The van der Waals surface area contributed by atoms with E-state index in [0.29, 0.717) is 18.7 Å². The van der Waals surface area contributed by atoms with Crippen molar-refractivity contribution in [1.82, 2.24) is 25.3 Å². The summed E-state index contributed by atoms with van der Waals surface area (Å²) in [7, 11) is 0. The summed E-state index contributed by atoms with van der Waals surface area (Å²) in [6.07, 6.45) is 7.27. The van der Waals surface area contributed by atoms with Crippen molar-refractivity contribution in [2.24, 2.45) is 0 Å². The highest BCUT2D eigenvalue weighted by Crippen LogP contribution is 2.22. The quantitative estimate of drug-likeness (QED) is 0.827. The molecule has 1 amide bonds. The highest BCUT2D eigenvalue weighted by molar-refractivity contribution is 5.76. The van der Waals surface area contributed by atoms with Gasteiger partial charge in [-0.2, -0.15) is 4.98 Å². The molecular weight excluding hydrogens is 318 g/mol. The third kappa shape index (κ3) is 4.63. The molecule has 1 aliphatic rings. The number of hydrogen-bond donors (Lipinski definition) is 1. The average molecular weight is 343 g/mol. The maximum absolute atomic E-state index is 12.7. The third-order valence-electron chi connectivity index (χ3n) is 4.40. The maximum atomic E-state index is 12.7. The lowest BCUT2D eigenvalue weighted by Crippen LogP contribution is -2.48. The fourth-order valence-electron chi connectivity index (χ4n) is 3.12. The Kier molecular flexibility index (Phi) is 6.11. The second-order valence-corrected chi connectivity index (χ2v) is 6.30. The number of nitrogens with zero attached hydrogens (tertiary/aromatic N) is 4. The van der Waals surface area contributed by atoms with Gasteiger partial charge >= 0.3 is 0 Å². The van der Waals surface area contributed by atoms with Gasteiger partial charge in [-0.25, -0.2) is 0 Å². The van der Waals surface area contributed by atoms with Gasteiger partial charge in [0.25, 0.3) is 0 Å². The van der Waals surface area contributed by atoms with Gasteiger partial charge in [-0.15, -0.1) is 0 Å². The number of hydrogen-bond acceptors (Lipinski definition) is 6. The van der Waals surface area contributed by atoms with Gasteiger partial charge in [0.05, 0.1) is 6.04 Å². The van der Waals surface area contributed by atoms with Crippen LogP contribution in [0.25, 0.3) is 0 Å². The van der Waals surface area contributed by atoms with Crippen molar-refractivity contribution in [2.45, 2.75) is 45.1 Å². The average Bonchev–Trinajstić information content (AvgIpc) is 3.10. The Morgan fingerprint density at radius 3 is 3.16 bits per heavy atom. The normalized spacial score (nSPS) is 17.6. The Balaban J connectivity index is 1.53. The minimum absolute atomic E-state index is 0.0505. The topological polar surface area (TPSA) is 84.2 Å². The van der Waals surface area contributed by atoms with Crippen molar-refractivity contribution in [3.8, 4) is 0 Å². The van der Waals surface area contributed by atoms with Crippen LogP contribution in [0.15, 0.2) is 29.0 Å². The number of pyridine rings is 1. The second-order valence-electron chi connectivity index (χ2n) is 6.30. The van der Waals surface area contributed by atoms with Crippen LogP contribution in [-0.2, 0) is 17.6 Å². The Morgan fingerprint density at radius 2 is 2.36 bits per heavy atom. The van der Waals surface area contributed by atoms with Crippen LogP contribution in [0.1, 0.15) is 49.5 Å². The molecule has 1 fully saturated rings. The predicted octanol–water partition coefficient (Wildman–Crippen LogP) is 1.91. The molecule has 2 aromatic rings. The molecular formula is C18H25N5O2. The lowest BCUT2D eigenvalue weighted by molar-refractivity contribution is -0.134. The Bertz CT molecular complexity index is 673. The van der Waals surface area contributed by atoms with Gasteiger partial charge in [0.1, 0.15) is 0 Å². The molecule has 0 spiro atoms. The van der Waals surface area contributed by atoms with E-state index >= 15 is 0 Å². The zero-order valence-electron chi connectivity index (χ0n) is 14.6. The number of amides is 1. The first-order valence-electron chi connectivity index (χ1n) is 8.99. The summed E-state index contributed by atoms with van der Waals surface area (Å²) in [6, 6.07) is 3.99. The van der Waals surface area contributed by atoms with E-state index in [9.17, 15) is 4.79 Å². The molecule has 0 bridgehead atoms. The number of aromatic nitrogens is 3. The fourth-order valence-corrected chi connectivity index (χ4v) is 3.12. The van der Waals surface area contributed by atoms with Gasteiger partial charge in [0.2, 0.25) is 11.8 Å². The summed E-state index contributed by atoms with van der Waals surface area (Å²) in [6.45, 7) is 4.40. The zero-order valence-corrected chi connectivity index (χ0v) is 14.6. The van der Waals surface area contributed by atoms with Crippen molar-refractivity contribution >= 4 is 5.91 Å². The second kappa shape index (κ2) is 8.71. The van der Waals surface area contributed by atoms with E-state index in [2.05, 4.69) is 27.4 Å². The van der Waals surface area contributed by atoms with Crippen LogP contribution in [0.4, 0.5) is 0 Å². The molecule has 1 saturated heterocycles. The van der Waals surface area contributed by atoms with Crippen molar-refractivity contribution < 1.29 is 9.32 Å². The van der Waals surface area contributed by atoms with Gasteiger partial charge in [0.15, 0.2) is 5.82 Å². The summed E-state index contributed by atoms with van der Waals surface area (Å²) in [5.74, 6) is 1.55. The van der Waals surface area contributed by atoms with E-state index in [1.54, 1.807) is 6.20 Å². The Labute approximate surface area is 147 Å². The SMILES string of the molecule is CCCc1noc(CCCC(=O)N2CCNCC2c2cccnc2)n1. The van der Waals surface area contributed by atoms with Crippen molar-refractivity contribution in [2.75, 3.05) is 19.6 Å². The van der Waals surface area contributed by atoms with Gasteiger partial charge in [0, 0.05) is 51.3 Å². The van der Waals surface area contributed by atoms with Crippen LogP contribution in [-0.4, -0.2) is 45.6 Å². The molecule has 1 N–H and O–H groups in total. The van der Waals surface area contributed by atoms with Crippen molar-refractivity contribution in [3.05, 3.63) is 41.8 Å². The van der Waals surface area contributed by atoms with Crippen LogP contribution in [0.5, 0.6) is 0 Å². The number of piperazine rings is 1.